The van der Waals surface area contributed by atoms with Crippen LogP contribution in [0.15, 0.2) is 24.3 Å². The number of alkyl halides is 1. The van der Waals surface area contributed by atoms with Crippen molar-refractivity contribution in [2.24, 2.45) is 5.41 Å². The smallest absolute Gasteiger partial charge is 0.409 e. The van der Waals surface area contributed by atoms with E-state index in [1.165, 1.54) is 11.1 Å². The molecule has 0 atom stereocenters. The van der Waals surface area contributed by atoms with Gasteiger partial charge in [0.15, 0.2) is 0 Å². The van der Waals surface area contributed by atoms with Crippen LogP contribution in [0.25, 0.3) is 0 Å². The number of hydrogen-bond acceptors (Lipinski definition) is 3. The van der Waals surface area contributed by atoms with Gasteiger partial charge in [-0.15, -0.1) is 0 Å². The molecular weight excluding hydrogens is 323 g/mol. The molecule has 0 bridgehead atoms. The van der Waals surface area contributed by atoms with Gasteiger partial charge in [0.2, 0.25) is 5.91 Å². The SMILES string of the molecule is CCN1Cc2ccccc2CC2(CCN(C(=O)OCCF)CC2)C1=O. The molecule has 1 fully saturated rings. The average molecular weight is 348 g/mol. The third kappa shape index (κ3) is 3.48. The molecule has 0 radical (unpaired) electrons. The van der Waals surface area contributed by atoms with E-state index in [1.807, 2.05) is 24.0 Å². The second-order valence-corrected chi connectivity index (χ2v) is 6.84. The Morgan fingerprint density at radius 1 is 1.24 bits per heavy atom. The standard InChI is InChI=1S/C19H25FN2O3/c1-2-21-14-16-6-4-3-5-15(16)13-19(17(21)23)7-10-22(11-8-19)18(24)25-12-9-20/h3-6H,2,7-14H2,1H3. The Hall–Kier alpha value is -2.11. The zero-order valence-corrected chi connectivity index (χ0v) is 14.7. The number of amides is 2. The minimum absolute atomic E-state index is 0.183. The Labute approximate surface area is 147 Å². The Kier molecular flexibility index (Phi) is 5.25. The van der Waals surface area contributed by atoms with Crippen LogP contribution in [-0.2, 0) is 22.5 Å². The van der Waals surface area contributed by atoms with E-state index in [4.69, 9.17) is 4.74 Å². The van der Waals surface area contributed by atoms with E-state index in [0.717, 1.165) is 0 Å². The first-order valence-corrected chi connectivity index (χ1v) is 8.93. The van der Waals surface area contributed by atoms with Crippen LogP contribution in [0, 0.1) is 5.41 Å². The fraction of sp³-hybridized carbons (Fsp3) is 0.579. The molecule has 2 heterocycles. The molecule has 1 aromatic rings. The number of benzene rings is 1. The zero-order valence-electron chi connectivity index (χ0n) is 14.7. The highest BCUT2D eigenvalue weighted by Gasteiger charge is 2.46. The molecular formula is C19H25FN2O3. The average Bonchev–Trinajstić information content (AvgIpc) is 2.75. The van der Waals surface area contributed by atoms with Gasteiger partial charge in [-0.25, -0.2) is 9.18 Å². The van der Waals surface area contributed by atoms with Gasteiger partial charge in [0.1, 0.15) is 13.3 Å². The summed E-state index contributed by atoms with van der Waals surface area (Å²) in [5.74, 6) is 0.183. The predicted molar refractivity (Wildman–Crippen MR) is 91.8 cm³/mol. The highest BCUT2D eigenvalue weighted by Crippen LogP contribution is 2.40. The quantitative estimate of drug-likeness (QED) is 0.844. The van der Waals surface area contributed by atoms with Gasteiger partial charge in [-0.1, -0.05) is 24.3 Å². The van der Waals surface area contributed by atoms with E-state index >= 15 is 0 Å². The van der Waals surface area contributed by atoms with Gasteiger partial charge >= 0.3 is 6.09 Å². The van der Waals surface area contributed by atoms with Crippen molar-refractivity contribution >= 4 is 12.0 Å². The first-order valence-electron chi connectivity index (χ1n) is 8.93. The number of likely N-dealkylation sites (tertiary alicyclic amines) is 1. The molecule has 2 aliphatic heterocycles. The van der Waals surface area contributed by atoms with Gasteiger partial charge in [-0.05, 0) is 37.3 Å². The lowest BCUT2D eigenvalue weighted by atomic mass is 9.73. The van der Waals surface area contributed by atoms with Crippen molar-refractivity contribution in [2.45, 2.75) is 32.7 Å². The number of piperidine rings is 1. The summed E-state index contributed by atoms with van der Waals surface area (Å²) in [6.07, 6.45) is 1.45. The highest BCUT2D eigenvalue weighted by molar-refractivity contribution is 5.84. The summed E-state index contributed by atoms with van der Waals surface area (Å²) in [5.41, 5.74) is 1.97. The third-order valence-electron chi connectivity index (χ3n) is 5.41. The number of halogens is 1. The number of carbonyl (C=O) groups excluding carboxylic acids is 2. The number of nitrogens with zero attached hydrogens (tertiary/aromatic N) is 2. The van der Waals surface area contributed by atoms with E-state index in [9.17, 15) is 14.0 Å². The molecule has 2 aliphatic rings. The minimum Gasteiger partial charge on any atom is -0.447 e. The van der Waals surface area contributed by atoms with Gasteiger partial charge in [0, 0.05) is 26.2 Å². The van der Waals surface area contributed by atoms with E-state index in [0.29, 0.717) is 45.4 Å². The number of rotatable bonds is 3. The van der Waals surface area contributed by atoms with Gasteiger partial charge in [0.25, 0.3) is 0 Å². The monoisotopic (exact) mass is 348 g/mol. The topological polar surface area (TPSA) is 49.9 Å². The minimum atomic E-state index is -0.676. The second-order valence-electron chi connectivity index (χ2n) is 6.84. The molecule has 1 spiro atoms. The number of carbonyl (C=O) groups is 2. The fourth-order valence-corrected chi connectivity index (χ4v) is 3.92. The van der Waals surface area contributed by atoms with E-state index in [-0.39, 0.29) is 12.5 Å². The summed E-state index contributed by atoms with van der Waals surface area (Å²) in [5, 5.41) is 0. The Balaban J connectivity index is 1.78. The van der Waals surface area contributed by atoms with Crippen molar-refractivity contribution in [3.05, 3.63) is 35.4 Å². The summed E-state index contributed by atoms with van der Waals surface area (Å²) in [6, 6.07) is 8.22. The fourth-order valence-electron chi connectivity index (χ4n) is 3.92. The lowest BCUT2D eigenvalue weighted by molar-refractivity contribution is -0.144. The van der Waals surface area contributed by atoms with Crippen molar-refractivity contribution in [3.63, 3.8) is 0 Å². The molecule has 1 saturated heterocycles. The number of ether oxygens (including phenoxy) is 1. The van der Waals surface area contributed by atoms with Crippen molar-refractivity contribution in [1.82, 2.24) is 9.80 Å². The molecule has 0 aromatic heterocycles. The van der Waals surface area contributed by atoms with E-state index in [2.05, 4.69) is 12.1 Å². The van der Waals surface area contributed by atoms with Crippen molar-refractivity contribution in [3.8, 4) is 0 Å². The molecule has 0 saturated carbocycles. The largest absolute Gasteiger partial charge is 0.447 e. The van der Waals surface area contributed by atoms with E-state index < -0.39 is 18.2 Å². The highest BCUT2D eigenvalue weighted by atomic mass is 19.1. The molecule has 25 heavy (non-hydrogen) atoms. The zero-order chi connectivity index (χ0) is 17.9. The maximum Gasteiger partial charge on any atom is 0.409 e. The molecule has 5 nitrogen and oxygen atoms in total. The van der Waals surface area contributed by atoms with Crippen LogP contribution in [-0.4, -0.2) is 54.7 Å². The Morgan fingerprint density at radius 2 is 1.92 bits per heavy atom. The third-order valence-corrected chi connectivity index (χ3v) is 5.41. The van der Waals surface area contributed by atoms with Crippen LogP contribution >= 0.6 is 0 Å². The Morgan fingerprint density at radius 3 is 2.56 bits per heavy atom. The van der Waals surface area contributed by atoms with Crippen molar-refractivity contribution in [2.75, 3.05) is 32.9 Å². The number of hydrogen-bond donors (Lipinski definition) is 0. The predicted octanol–water partition coefficient (Wildman–Crippen LogP) is 2.78. The maximum atomic E-state index is 13.2. The Bertz CT molecular complexity index is 641. The molecule has 0 aliphatic carbocycles. The summed E-state index contributed by atoms with van der Waals surface area (Å²) in [6.45, 7) is 3.38. The second kappa shape index (κ2) is 7.42. The van der Waals surface area contributed by atoms with Crippen LogP contribution in [0.4, 0.5) is 9.18 Å². The van der Waals surface area contributed by atoms with Crippen LogP contribution in [0.5, 0.6) is 0 Å². The van der Waals surface area contributed by atoms with Gasteiger partial charge < -0.3 is 14.5 Å². The van der Waals surface area contributed by atoms with Crippen LogP contribution < -0.4 is 0 Å². The summed E-state index contributed by atoms with van der Waals surface area (Å²) in [7, 11) is 0. The molecule has 2 amide bonds. The first-order chi connectivity index (χ1) is 12.1. The first kappa shape index (κ1) is 17.7. The summed E-state index contributed by atoms with van der Waals surface area (Å²) in [4.78, 5) is 28.7. The maximum absolute atomic E-state index is 13.2. The molecule has 3 rings (SSSR count). The molecule has 6 heteroatoms. The van der Waals surface area contributed by atoms with Crippen LogP contribution in [0.3, 0.4) is 0 Å². The molecule has 0 unspecified atom stereocenters. The van der Waals surface area contributed by atoms with Gasteiger partial charge in [-0.2, -0.15) is 0 Å². The van der Waals surface area contributed by atoms with Gasteiger partial charge in [0.05, 0.1) is 5.41 Å². The van der Waals surface area contributed by atoms with Crippen LogP contribution in [0.2, 0.25) is 0 Å². The molecule has 0 N–H and O–H groups in total. The number of fused-ring (bicyclic) bond motifs is 1. The lowest BCUT2D eigenvalue weighted by Gasteiger charge is -2.41. The van der Waals surface area contributed by atoms with Crippen LogP contribution in [0.1, 0.15) is 30.9 Å². The summed E-state index contributed by atoms with van der Waals surface area (Å²) >= 11 is 0. The normalized spacial score (nSPS) is 19.5. The van der Waals surface area contributed by atoms with Crippen molar-refractivity contribution in [1.29, 1.82) is 0 Å². The van der Waals surface area contributed by atoms with Gasteiger partial charge in [-0.3, -0.25) is 4.79 Å². The summed E-state index contributed by atoms with van der Waals surface area (Å²) < 4.78 is 17.1. The molecule has 136 valence electrons. The van der Waals surface area contributed by atoms with E-state index in [1.54, 1.807) is 4.90 Å². The lowest BCUT2D eigenvalue weighted by Crippen LogP contribution is -2.51. The van der Waals surface area contributed by atoms with Crippen molar-refractivity contribution < 1.29 is 18.7 Å². The molecule has 1 aromatic carbocycles.